The molecule has 0 radical (unpaired) electrons. The maximum atomic E-state index is 13.4. The zero-order valence-corrected chi connectivity index (χ0v) is 13.0. The van der Waals surface area contributed by atoms with Crippen molar-refractivity contribution in [3.63, 3.8) is 0 Å². The molecule has 0 unspecified atom stereocenters. The molecule has 0 aliphatic carbocycles. The van der Waals surface area contributed by atoms with Crippen molar-refractivity contribution in [2.45, 2.75) is 38.7 Å². The summed E-state index contributed by atoms with van der Waals surface area (Å²) in [6.45, 7) is 7.25. The van der Waals surface area contributed by atoms with Crippen LogP contribution in [0, 0.1) is 11.7 Å². The fourth-order valence-corrected chi connectivity index (χ4v) is 3.08. The summed E-state index contributed by atoms with van der Waals surface area (Å²) in [5.41, 5.74) is -0.0586. The van der Waals surface area contributed by atoms with E-state index in [1.54, 1.807) is 12.1 Å². The van der Waals surface area contributed by atoms with E-state index in [1.165, 1.54) is 6.07 Å². The Bertz CT molecular complexity index is 456. The summed E-state index contributed by atoms with van der Waals surface area (Å²) >= 11 is 5.98. The van der Waals surface area contributed by atoms with Gasteiger partial charge in [-0.25, -0.2) is 4.39 Å². The number of piperidine rings is 1. The Labute approximate surface area is 125 Å². The van der Waals surface area contributed by atoms with Crippen LogP contribution in [0.15, 0.2) is 18.2 Å². The van der Waals surface area contributed by atoms with Gasteiger partial charge in [-0.05, 0) is 30.4 Å². The van der Waals surface area contributed by atoms with Gasteiger partial charge >= 0.3 is 0 Å². The molecule has 1 aromatic rings. The molecule has 112 valence electrons. The van der Waals surface area contributed by atoms with E-state index < -0.39 is 11.4 Å². The average molecular weight is 300 g/mol. The molecule has 2 nitrogen and oxygen atoms in total. The molecule has 1 aliphatic rings. The maximum absolute atomic E-state index is 13.4. The van der Waals surface area contributed by atoms with E-state index in [0.717, 1.165) is 19.6 Å². The molecule has 1 N–H and O–H groups in total. The van der Waals surface area contributed by atoms with Crippen LogP contribution in [0.4, 0.5) is 4.39 Å². The second-order valence-corrected chi connectivity index (χ2v) is 6.69. The lowest BCUT2D eigenvalue weighted by Crippen LogP contribution is -2.46. The lowest BCUT2D eigenvalue weighted by atomic mass is 9.85. The van der Waals surface area contributed by atoms with E-state index in [9.17, 15) is 9.50 Å². The third-order valence-electron chi connectivity index (χ3n) is 3.96. The number of benzene rings is 1. The molecule has 1 aromatic carbocycles. The zero-order valence-electron chi connectivity index (χ0n) is 12.2. The highest BCUT2D eigenvalue weighted by Crippen LogP contribution is 2.30. The third-order valence-corrected chi connectivity index (χ3v) is 4.38. The lowest BCUT2D eigenvalue weighted by molar-refractivity contribution is -0.0227. The Hall–Kier alpha value is -0.640. The largest absolute Gasteiger partial charge is 0.389 e. The van der Waals surface area contributed by atoms with Crippen LogP contribution < -0.4 is 0 Å². The smallest absolute Gasteiger partial charge is 0.142 e. The molecule has 20 heavy (non-hydrogen) atoms. The molecule has 2 rings (SSSR count). The van der Waals surface area contributed by atoms with E-state index in [2.05, 4.69) is 18.7 Å². The molecule has 0 saturated carbocycles. The van der Waals surface area contributed by atoms with E-state index in [1.807, 2.05) is 0 Å². The molecule has 1 heterocycles. The van der Waals surface area contributed by atoms with Crippen LogP contribution in [0.5, 0.6) is 0 Å². The molecule has 0 amide bonds. The fraction of sp³-hybridized carbons (Fsp3) is 0.625. The number of nitrogens with zero attached hydrogens (tertiary/aromatic N) is 1. The predicted molar refractivity (Wildman–Crippen MR) is 80.6 cm³/mol. The van der Waals surface area contributed by atoms with Crippen molar-refractivity contribution in [1.82, 2.24) is 4.90 Å². The Kier molecular flexibility index (Phi) is 5.05. The first kappa shape index (κ1) is 15.7. The lowest BCUT2D eigenvalue weighted by Gasteiger charge is -2.39. The first-order valence-electron chi connectivity index (χ1n) is 7.27. The summed E-state index contributed by atoms with van der Waals surface area (Å²) in [6.07, 6.45) is 1.86. The number of likely N-dealkylation sites (tertiary alicyclic amines) is 1. The molecular formula is C16H23ClFNO. The molecule has 1 fully saturated rings. The fourth-order valence-electron chi connectivity index (χ4n) is 2.88. The van der Waals surface area contributed by atoms with Gasteiger partial charge in [0.25, 0.3) is 0 Å². The van der Waals surface area contributed by atoms with Crippen molar-refractivity contribution in [3.05, 3.63) is 34.6 Å². The van der Waals surface area contributed by atoms with Crippen LogP contribution in [0.2, 0.25) is 5.02 Å². The van der Waals surface area contributed by atoms with Crippen LogP contribution in [0.25, 0.3) is 0 Å². The highest BCUT2D eigenvalue weighted by molar-refractivity contribution is 6.31. The number of hydrogen-bond donors (Lipinski definition) is 1. The summed E-state index contributed by atoms with van der Waals surface area (Å²) in [5, 5.41) is 10.8. The van der Waals surface area contributed by atoms with Crippen LogP contribution in [-0.2, 0) is 6.42 Å². The minimum absolute atomic E-state index is 0.144. The predicted octanol–water partition coefficient (Wildman–Crippen LogP) is 3.50. The van der Waals surface area contributed by atoms with Crippen molar-refractivity contribution in [2.24, 2.45) is 5.92 Å². The quantitative estimate of drug-likeness (QED) is 0.920. The average Bonchev–Trinajstić information content (AvgIpc) is 2.38. The number of hydrogen-bond acceptors (Lipinski definition) is 2. The topological polar surface area (TPSA) is 23.5 Å². The Morgan fingerprint density at radius 2 is 2.00 bits per heavy atom. The Morgan fingerprint density at radius 3 is 2.60 bits per heavy atom. The molecule has 4 heteroatoms. The van der Waals surface area contributed by atoms with Crippen molar-refractivity contribution in [3.8, 4) is 0 Å². The Morgan fingerprint density at radius 1 is 1.35 bits per heavy atom. The van der Waals surface area contributed by atoms with Gasteiger partial charge in [-0.1, -0.05) is 37.6 Å². The van der Waals surface area contributed by atoms with Gasteiger partial charge < -0.3 is 10.0 Å². The molecular weight excluding hydrogens is 277 g/mol. The van der Waals surface area contributed by atoms with E-state index in [4.69, 9.17) is 11.6 Å². The summed E-state index contributed by atoms with van der Waals surface area (Å²) in [4.78, 5) is 2.38. The summed E-state index contributed by atoms with van der Waals surface area (Å²) in [6, 6.07) is 4.79. The van der Waals surface area contributed by atoms with Crippen LogP contribution in [0.1, 0.15) is 32.3 Å². The van der Waals surface area contributed by atoms with Crippen LogP contribution in [0.3, 0.4) is 0 Å². The maximum Gasteiger partial charge on any atom is 0.142 e. The first-order chi connectivity index (χ1) is 9.39. The number of halogens is 2. The van der Waals surface area contributed by atoms with E-state index >= 15 is 0 Å². The van der Waals surface area contributed by atoms with Gasteiger partial charge in [-0.15, -0.1) is 0 Å². The van der Waals surface area contributed by atoms with Crippen LogP contribution in [-0.4, -0.2) is 35.2 Å². The van der Waals surface area contributed by atoms with Gasteiger partial charge in [-0.2, -0.15) is 0 Å². The number of rotatable bonds is 4. The van der Waals surface area contributed by atoms with E-state index in [0.29, 0.717) is 30.7 Å². The minimum atomic E-state index is -0.759. The summed E-state index contributed by atoms with van der Waals surface area (Å²) in [7, 11) is 0. The number of aliphatic hydroxyl groups is 1. The van der Waals surface area contributed by atoms with Crippen molar-refractivity contribution >= 4 is 11.6 Å². The summed E-state index contributed by atoms with van der Waals surface area (Å²) < 4.78 is 13.4. The second-order valence-electron chi connectivity index (χ2n) is 6.31. The monoisotopic (exact) mass is 299 g/mol. The molecule has 1 aliphatic heterocycles. The van der Waals surface area contributed by atoms with Gasteiger partial charge in [0.15, 0.2) is 0 Å². The molecule has 0 spiro atoms. The van der Waals surface area contributed by atoms with Crippen molar-refractivity contribution in [2.75, 3.05) is 19.6 Å². The highest BCUT2D eigenvalue weighted by atomic mass is 35.5. The Balaban J connectivity index is 1.98. The van der Waals surface area contributed by atoms with Gasteiger partial charge in [0.2, 0.25) is 0 Å². The van der Waals surface area contributed by atoms with Gasteiger partial charge in [0.05, 0.1) is 10.6 Å². The third kappa shape index (κ3) is 3.94. The zero-order chi connectivity index (χ0) is 14.8. The standard InChI is InChI=1S/C16H23ClFNO/c1-12(2)11-19-8-6-16(20,7-9-19)10-13-4-3-5-14(18)15(13)17/h3-5,12,20H,6-11H2,1-2H3. The van der Waals surface area contributed by atoms with Crippen LogP contribution >= 0.6 is 11.6 Å². The van der Waals surface area contributed by atoms with Gasteiger partial charge in [0.1, 0.15) is 5.82 Å². The SMILES string of the molecule is CC(C)CN1CCC(O)(Cc2cccc(F)c2Cl)CC1. The van der Waals surface area contributed by atoms with Gasteiger partial charge in [-0.3, -0.25) is 0 Å². The molecule has 0 aromatic heterocycles. The minimum Gasteiger partial charge on any atom is -0.389 e. The second kappa shape index (κ2) is 6.42. The normalized spacial score (nSPS) is 19.5. The molecule has 0 bridgehead atoms. The first-order valence-corrected chi connectivity index (χ1v) is 7.65. The summed E-state index contributed by atoms with van der Waals surface area (Å²) in [5.74, 6) is 0.226. The van der Waals surface area contributed by atoms with Crippen molar-refractivity contribution in [1.29, 1.82) is 0 Å². The van der Waals surface area contributed by atoms with Crippen molar-refractivity contribution < 1.29 is 9.50 Å². The van der Waals surface area contributed by atoms with Gasteiger partial charge in [0, 0.05) is 26.1 Å². The molecule has 1 saturated heterocycles. The van der Waals surface area contributed by atoms with E-state index in [-0.39, 0.29) is 5.02 Å². The molecule has 0 atom stereocenters. The highest BCUT2D eigenvalue weighted by Gasteiger charge is 2.33.